The summed E-state index contributed by atoms with van der Waals surface area (Å²) in [6.45, 7) is 0. The molecule has 2 heterocycles. The van der Waals surface area contributed by atoms with E-state index >= 15 is 0 Å². The summed E-state index contributed by atoms with van der Waals surface area (Å²) in [7, 11) is 0. The molecule has 1 N–H and O–H groups in total. The number of aromatic nitrogens is 4. The lowest BCUT2D eigenvalue weighted by atomic mass is 10.1. The van der Waals surface area contributed by atoms with Gasteiger partial charge in [-0.1, -0.05) is 18.2 Å². The number of aromatic amines is 1. The topological polar surface area (TPSA) is 54.5 Å². The van der Waals surface area contributed by atoms with E-state index in [-0.39, 0.29) is 11.3 Å². The first-order valence-electron chi connectivity index (χ1n) is 5.53. The van der Waals surface area contributed by atoms with Crippen LogP contribution < -0.4 is 0 Å². The molecule has 0 atom stereocenters. The molecule has 1 aromatic carbocycles. The van der Waals surface area contributed by atoms with Gasteiger partial charge < -0.3 is 0 Å². The van der Waals surface area contributed by atoms with Gasteiger partial charge in [-0.3, -0.25) is 5.10 Å². The van der Waals surface area contributed by atoms with Gasteiger partial charge in [0, 0.05) is 10.9 Å². The second kappa shape index (κ2) is 4.71. The van der Waals surface area contributed by atoms with Crippen molar-refractivity contribution in [1.82, 2.24) is 20.2 Å². The largest absolute Gasteiger partial charge is 0.417 e. The normalized spacial score (nSPS) is 11.8. The summed E-state index contributed by atoms with van der Waals surface area (Å²) in [5.41, 5.74) is -0.370. The summed E-state index contributed by atoms with van der Waals surface area (Å²) >= 11 is 1.21. The number of thiazole rings is 1. The van der Waals surface area contributed by atoms with Gasteiger partial charge in [0.2, 0.25) is 0 Å². The van der Waals surface area contributed by atoms with Crippen LogP contribution in [0.15, 0.2) is 36.0 Å². The van der Waals surface area contributed by atoms with Crippen LogP contribution in [0.5, 0.6) is 0 Å². The Labute approximate surface area is 115 Å². The Morgan fingerprint density at radius 1 is 1.15 bits per heavy atom. The van der Waals surface area contributed by atoms with E-state index in [1.807, 2.05) is 0 Å². The second-order valence-corrected chi connectivity index (χ2v) is 4.77. The molecule has 0 unspecified atom stereocenters. The van der Waals surface area contributed by atoms with Crippen LogP contribution >= 0.6 is 11.3 Å². The van der Waals surface area contributed by atoms with E-state index in [9.17, 15) is 13.2 Å². The lowest BCUT2D eigenvalue weighted by Gasteiger charge is -2.10. The lowest BCUT2D eigenvalue weighted by Crippen LogP contribution is -2.06. The van der Waals surface area contributed by atoms with E-state index in [1.54, 1.807) is 11.4 Å². The number of nitrogens with zero attached hydrogens (tertiary/aromatic N) is 3. The lowest BCUT2D eigenvalue weighted by molar-refractivity contribution is -0.137. The molecule has 2 aromatic heterocycles. The molecule has 0 spiro atoms. The Morgan fingerprint density at radius 3 is 2.65 bits per heavy atom. The Morgan fingerprint density at radius 2 is 1.95 bits per heavy atom. The van der Waals surface area contributed by atoms with Crippen LogP contribution in [0.4, 0.5) is 13.2 Å². The van der Waals surface area contributed by atoms with Gasteiger partial charge in [-0.15, -0.1) is 11.3 Å². The first kappa shape index (κ1) is 12.8. The van der Waals surface area contributed by atoms with Crippen molar-refractivity contribution in [2.24, 2.45) is 0 Å². The zero-order valence-corrected chi connectivity index (χ0v) is 10.7. The summed E-state index contributed by atoms with van der Waals surface area (Å²) < 4.78 is 38.9. The van der Waals surface area contributed by atoms with E-state index < -0.39 is 11.7 Å². The van der Waals surface area contributed by atoms with Crippen molar-refractivity contribution in [3.63, 3.8) is 0 Å². The maximum atomic E-state index is 13.0. The first-order valence-corrected chi connectivity index (χ1v) is 6.41. The molecule has 0 aliphatic carbocycles. The first-order chi connectivity index (χ1) is 9.55. The number of alkyl halides is 3. The molecule has 0 saturated carbocycles. The number of hydrogen-bond donors (Lipinski definition) is 1. The van der Waals surface area contributed by atoms with Crippen molar-refractivity contribution in [3.05, 3.63) is 41.5 Å². The average molecular weight is 296 g/mol. The van der Waals surface area contributed by atoms with Crippen molar-refractivity contribution in [1.29, 1.82) is 0 Å². The van der Waals surface area contributed by atoms with Crippen LogP contribution in [0.3, 0.4) is 0 Å². The fraction of sp³-hybridized carbons (Fsp3) is 0.0833. The van der Waals surface area contributed by atoms with Crippen LogP contribution in [0.2, 0.25) is 0 Å². The third-order valence-corrected chi connectivity index (χ3v) is 3.48. The van der Waals surface area contributed by atoms with Gasteiger partial charge >= 0.3 is 6.18 Å². The van der Waals surface area contributed by atoms with Crippen molar-refractivity contribution >= 4 is 11.3 Å². The van der Waals surface area contributed by atoms with E-state index in [2.05, 4.69) is 20.2 Å². The number of H-pyrrole nitrogens is 1. The van der Waals surface area contributed by atoms with E-state index in [0.29, 0.717) is 10.8 Å². The molecule has 0 aliphatic rings. The predicted octanol–water partition coefficient (Wildman–Crippen LogP) is 3.61. The van der Waals surface area contributed by atoms with Crippen LogP contribution in [0.25, 0.3) is 22.1 Å². The molecule has 3 aromatic rings. The van der Waals surface area contributed by atoms with Crippen molar-refractivity contribution in [2.75, 3.05) is 0 Å². The SMILES string of the molecule is FC(F)(F)c1ccccc1-c1csc(-c2ncn[nH]2)n1. The number of hydrogen-bond acceptors (Lipinski definition) is 4. The second-order valence-electron chi connectivity index (χ2n) is 3.92. The molecule has 3 rings (SSSR count). The summed E-state index contributed by atoms with van der Waals surface area (Å²) in [4.78, 5) is 8.11. The third-order valence-electron chi connectivity index (χ3n) is 2.63. The molecule has 0 amide bonds. The third kappa shape index (κ3) is 2.29. The fourth-order valence-corrected chi connectivity index (χ4v) is 2.53. The maximum absolute atomic E-state index is 13.0. The molecule has 0 bridgehead atoms. The minimum Gasteiger partial charge on any atom is -0.257 e. The van der Waals surface area contributed by atoms with Crippen LogP contribution in [-0.4, -0.2) is 20.2 Å². The van der Waals surface area contributed by atoms with Gasteiger partial charge in [-0.25, -0.2) is 9.97 Å². The molecule has 0 fully saturated rings. The van der Waals surface area contributed by atoms with Gasteiger partial charge in [0.05, 0.1) is 11.3 Å². The van der Waals surface area contributed by atoms with Gasteiger partial charge in [0.25, 0.3) is 0 Å². The molecule has 0 aliphatic heterocycles. The Balaban J connectivity index is 2.07. The summed E-state index contributed by atoms with van der Waals surface area (Å²) in [5, 5.41) is 8.38. The van der Waals surface area contributed by atoms with E-state index in [0.717, 1.165) is 6.07 Å². The highest BCUT2D eigenvalue weighted by Gasteiger charge is 2.33. The number of benzene rings is 1. The standard InChI is InChI=1S/C12H7F3N4S/c13-12(14,15)8-4-2-1-3-7(8)9-5-20-11(18-9)10-16-6-17-19-10/h1-6H,(H,16,17,19). The van der Waals surface area contributed by atoms with E-state index in [4.69, 9.17) is 0 Å². The summed E-state index contributed by atoms with van der Waals surface area (Å²) in [6, 6.07) is 5.36. The maximum Gasteiger partial charge on any atom is 0.417 e. The fourth-order valence-electron chi connectivity index (χ4n) is 1.77. The predicted molar refractivity (Wildman–Crippen MR) is 67.9 cm³/mol. The highest BCUT2D eigenvalue weighted by atomic mass is 32.1. The zero-order valence-electron chi connectivity index (χ0n) is 9.85. The molecular formula is C12H7F3N4S. The summed E-state index contributed by atoms with van der Waals surface area (Å²) in [5.74, 6) is 0.436. The molecule has 0 radical (unpaired) electrons. The van der Waals surface area contributed by atoms with Crippen molar-refractivity contribution < 1.29 is 13.2 Å². The van der Waals surface area contributed by atoms with Crippen LogP contribution in [0.1, 0.15) is 5.56 Å². The monoisotopic (exact) mass is 296 g/mol. The van der Waals surface area contributed by atoms with Gasteiger partial charge in [0.15, 0.2) is 10.8 Å². The van der Waals surface area contributed by atoms with Crippen molar-refractivity contribution in [2.45, 2.75) is 6.18 Å². The minimum absolute atomic E-state index is 0.0574. The zero-order chi connectivity index (χ0) is 14.2. The van der Waals surface area contributed by atoms with Gasteiger partial charge in [-0.05, 0) is 6.07 Å². The Hall–Kier alpha value is -2.22. The van der Waals surface area contributed by atoms with Crippen LogP contribution in [-0.2, 0) is 6.18 Å². The number of rotatable bonds is 2. The van der Waals surface area contributed by atoms with Crippen molar-refractivity contribution in [3.8, 4) is 22.1 Å². The molecular weight excluding hydrogens is 289 g/mol. The average Bonchev–Trinajstić information content (AvgIpc) is 3.09. The minimum atomic E-state index is -4.41. The number of nitrogens with one attached hydrogen (secondary N) is 1. The molecule has 8 heteroatoms. The van der Waals surface area contributed by atoms with Gasteiger partial charge in [0.1, 0.15) is 6.33 Å². The van der Waals surface area contributed by atoms with E-state index in [1.165, 1.54) is 29.8 Å². The number of halogens is 3. The molecule has 0 saturated heterocycles. The molecule has 4 nitrogen and oxygen atoms in total. The molecule has 102 valence electrons. The molecule has 20 heavy (non-hydrogen) atoms. The smallest absolute Gasteiger partial charge is 0.257 e. The highest BCUT2D eigenvalue weighted by Crippen LogP contribution is 2.37. The van der Waals surface area contributed by atoms with Gasteiger partial charge in [-0.2, -0.15) is 18.3 Å². The Bertz CT molecular complexity index is 718. The highest BCUT2D eigenvalue weighted by molar-refractivity contribution is 7.13. The Kier molecular flexibility index (Phi) is 3.01. The summed E-state index contributed by atoms with van der Waals surface area (Å²) in [6.07, 6.45) is -3.09. The quantitative estimate of drug-likeness (QED) is 0.786. The van der Waals surface area contributed by atoms with Crippen LogP contribution in [0, 0.1) is 0 Å².